The molecule has 1 aliphatic carbocycles. The minimum absolute atomic E-state index is 0. The van der Waals surface area contributed by atoms with E-state index in [9.17, 15) is 0 Å². The van der Waals surface area contributed by atoms with Gasteiger partial charge in [-0.15, -0.1) is 0 Å². The van der Waals surface area contributed by atoms with E-state index in [0.717, 1.165) is 6.42 Å². The molecule has 0 radical (unpaired) electrons. The van der Waals surface area contributed by atoms with Gasteiger partial charge in [-0.2, -0.15) is 0 Å². The molecule has 4 aromatic carbocycles. The summed E-state index contributed by atoms with van der Waals surface area (Å²) in [6.45, 7) is 0. The van der Waals surface area contributed by atoms with Crippen molar-refractivity contribution in [1.29, 1.82) is 0 Å². The summed E-state index contributed by atoms with van der Waals surface area (Å²) in [5.74, 6) is 0. The number of rotatable bonds is 0. The van der Waals surface area contributed by atoms with Gasteiger partial charge in [0.2, 0.25) is 0 Å². The summed E-state index contributed by atoms with van der Waals surface area (Å²) >= 11 is 0. The summed E-state index contributed by atoms with van der Waals surface area (Å²) < 4.78 is 0. The molecule has 5 rings (SSSR count). The average Bonchev–Trinajstić information content (AvgIpc) is 2.95. The predicted molar refractivity (Wildman–Crippen MR) is 89.7 cm³/mol. The topological polar surface area (TPSA) is 0 Å². The predicted octanol–water partition coefficient (Wildman–Crippen LogP) is -0.430. The van der Waals surface area contributed by atoms with Crippen molar-refractivity contribution in [3.63, 3.8) is 0 Å². The molecule has 0 saturated heterocycles. The maximum absolute atomic E-state index is 2.27. The first-order chi connectivity index (χ1) is 10.4. The van der Waals surface area contributed by atoms with E-state index >= 15 is 0 Å². The largest absolute Gasteiger partial charge is 2.00 e. The van der Waals surface area contributed by atoms with Crippen LogP contribution < -0.4 is 24.8 Å². The van der Waals surface area contributed by atoms with Gasteiger partial charge in [0.25, 0.3) is 0 Å². The Morgan fingerprint density at radius 1 is 0.542 bits per heavy atom. The Kier molecular flexibility index (Phi) is 5.92. The minimum Gasteiger partial charge on any atom is -1.00 e. The van der Waals surface area contributed by atoms with Gasteiger partial charge in [-0.25, -0.2) is 0 Å². The Morgan fingerprint density at radius 3 is 1.75 bits per heavy atom. The first kappa shape index (κ1) is 19.2. The Labute approximate surface area is 173 Å². The molecule has 0 fully saturated rings. The SMILES string of the molecule is [Cl-].[Cl-].[Zr+2].c1ccc2c(c1)Cc1c-2c2ccccc2c2ccccc12. The summed E-state index contributed by atoms with van der Waals surface area (Å²) in [7, 11) is 0. The second-order valence-electron chi connectivity index (χ2n) is 5.78. The molecule has 0 N–H and O–H groups in total. The van der Waals surface area contributed by atoms with Gasteiger partial charge >= 0.3 is 26.2 Å². The van der Waals surface area contributed by atoms with Crippen molar-refractivity contribution in [1.82, 2.24) is 0 Å². The van der Waals surface area contributed by atoms with E-state index in [1.54, 1.807) is 0 Å². The van der Waals surface area contributed by atoms with Gasteiger partial charge in [-0.05, 0) is 50.2 Å². The van der Waals surface area contributed by atoms with Gasteiger partial charge in [-0.1, -0.05) is 72.8 Å². The zero-order valence-corrected chi connectivity index (χ0v) is 16.9. The third kappa shape index (κ3) is 2.64. The van der Waals surface area contributed by atoms with E-state index in [2.05, 4.69) is 72.8 Å². The summed E-state index contributed by atoms with van der Waals surface area (Å²) in [5, 5.41) is 5.53. The van der Waals surface area contributed by atoms with Gasteiger partial charge in [0, 0.05) is 0 Å². The average molecular weight is 428 g/mol. The third-order valence-corrected chi connectivity index (χ3v) is 4.69. The second kappa shape index (κ2) is 7.40. The van der Waals surface area contributed by atoms with E-state index in [1.807, 2.05) is 0 Å². The van der Waals surface area contributed by atoms with Crippen molar-refractivity contribution in [2.75, 3.05) is 0 Å². The molecule has 24 heavy (non-hydrogen) atoms. The van der Waals surface area contributed by atoms with Crippen LogP contribution in [0, 0.1) is 0 Å². The monoisotopic (exact) mass is 426 g/mol. The van der Waals surface area contributed by atoms with Crippen molar-refractivity contribution >= 4 is 21.5 Å². The molecule has 116 valence electrons. The zero-order chi connectivity index (χ0) is 13.8. The normalized spacial score (nSPS) is 11.0. The molecular formula is C21H14Cl2Zr. The fourth-order valence-electron chi connectivity index (χ4n) is 3.81. The fourth-order valence-corrected chi connectivity index (χ4v) is 3.81. The standard InChI is InChI=1S/C21H14.2ClH.Zr/c1-2-8-15-14(7-1)13-20-18-11-4-3-9-16(18)17-10-5-6-12-19(17)21(15)20;;;/h1-12H,13H2;2*1H;/q;;;+2/p-2. The summed E-state index contributed by atoms with van der Waals surface area (Å²) in [6, 6.07) is 26.5. The van der Waals surface area contributed by atoms with Crippen LogP contribution in [0.1, 0.15) is 11.1 Å². The van der Waals surface area contributed by atoms with Crippen LogP contribution in [0.15, 0.2) is 72.8 Å². The fraction of sp³-hybridized carbons (Fsp3) is 0.0476. The molecular weight excluding hydrogens is 414 g/mol. The van der Waals surface area contributed by atoms with Crippen molar-refractivity contribution in [3.05, 3.63) is 83.9 Å². The van der Waals surface area contributed by atoms with Gasteiger partial charge in [0.05, 0.1) is 0 Å². The van der Waals surface area contributed by atoms with Crippen LogP contribution in [0.5, 0.6) is 0 Å². The maximum Gasteiger partial charge on any atom is 2.00 e. The van der Waals surface area contributed by atoms with Gasteiger partial charge in [0.1, 0.15) is 0 Å². The van der Waals surface area contributed by atoms with Gasteiger partial charge < -0.3 is 24.8 Å². The van der Waals surface area contributed by atoms with Crippen LogP contribution >= 0.6 is 0 Å². The van der Waals surface area contributed by atoms with Gasteiger partial charge in [-0.3, -0.25) is 0 Å². The van der Waals surface area contributed by atoms with E-state index in [1.165, 1.54) is 43.8 Å². The van der Waals surface area contributed by atoms with Crippen LogP contribution in [-0.2, 0) is 32.6 Å². The molecule has 0 nitrogen and oxygen atoms in total. The van der Waals surface area contributed by atoms with Crippen molar-refractivity contribution in [3.8, 4) is 11.1 Å². The van der Waals surface area contributed by atoms with Crippen LogP contribution in [0.3, 0.4) is 0 Å². The molecule has 0 bridgehead atoms. The number of halogens is 2. The van der Waals surface area contributed by atoms with Gasteiger partial charge in [0.15, 0.2) is 0 Å². The molecule has 4 aromatic rings. The molecule has 0 aromatic heterocycles. The van der Waals surface area contributed by atoms with Crippen LogP contribution in [0.2, 0.25) is 0 Å². The van der Waals surface area contributed by atoms with Crippen molar-refractivity contribution < 1.29 is 51.0 Å². The van der Waals surface area contributed by atoms with E-state index < -0.39 is 0 Å². The number of fused-ring (bicyclic) bond motifs is 8. The molecule has 0 saturated carbocycles. The molecule has 0 atom stereocenters. The minimum atomic E-state index is 0. The summed E-state index contributed by atoms with van der Waals surface area (Å²) in [4.78, 5) is 0. The van der Waals surface area contributed by atoms with E-state index in [-0.39, 0.29) is 51.0 Å². The van der Waals surface area contributed by atoms with E-state index in [0.29, 0.717) is 0 Å². The first-order valence-electron chi connectivity index (χ1n) is 7.44. The van der Waals surface area contributed by atoms with Crippen LogP contribution in [0.4, 0.5) is 0 Å². The van der Waals surface area contributed by atoms with Crippen LogP contribution in [0.25, 0.3) is 32.7 Å². The smallest absolute Gasteiger partial charge is 1.00 e. The third-order valence-electron chi connectivity index (χ3n) is 4.69. The number of hydrogen-bond donors (Lipinski definition) is 0. The van der Waals surface area contributed by atoms with Crippen molar-refractivity contribution in [2.24, 2.45) is 0 Å². The Balaban J connectivity index is 0.000000694. The Morgan fingerprint density at radius 2 is 1.04 bits per heavy atom. The Bertz CT molecular complexity index is 1020. The number of benzene rings is 4. The molecule has 1 aliphatic rings. The molecule has 0 spiro atoms. The Hall–Kier alpha value is -1.14. The zero-order valence-electron chi connectivity index (χ0n) is 12.9. The van der Waals surface area contributed by atoms with E-state index in [4.69, 9.17) is 0 Å². The molecule has 0 amide bonds. The number of hydrogen-bond acceptors (Lipinski definition) is 0. The van der Waals surface area contributed by atoms with Crippen LogP contribution in [-0.4, -0.2) is 0 Å². The second-order valence-corrected chi connectivity index (χ2v) is 5.78. The molecule has 0 unspecified atom stereocenters. The summed E-state index contributed by atoms with van der Waals surface area (Å²) in [5.41, 5.74) is 5.80. The molecule has 0 heterocycles. The summed E-state index contributed by atoms with van der Waals surface area (Å²) in [6.07, 6.45) is 1.05. The molecule has 0 aliphatic heterocycles. The maximum atomic E-state index is 2.27. The van der Waals surface area contributed by atoms with Crippen molar-refractivity contribution in [2.45, 2.75) is 6.42 Å². The molecule has 3 heteroatoms. The quantitative estimate of drug-likeness (QED) is 0.294. The first-order valence-corrected chi connectivity index (χ1v) is 7.44.